The molecular weight excluding hydrogens is 1210 g/mol. The number of allylic oxidation sites excluding steroid dienone is 2. The van der Waals surface area contributed by atoms with Crippen LogP contribution in [0.4, 0.5) is 26.3 Å². The Bertz CT molecular complexity index is 3460. The predicted octanol–water partition coefficient (Wildman–Crippen LogP) is 13.1. The van der Waals surface area contributed by atoms with Crippen molar-refractivity contribution in [1.82, 2.24) is 34.5 Å². The van der Waals surface area contributed by atoms with Gasteiger partial charge in [-0.3, -0.25) is 14.4 Å². The van der Waals surface area contributed by atoms with Crippen molar-refractivity contribution in [3.63, 3.8) is 0 Å². The molecule has 83 heavy (non-hydrogen) atoms. The molecule has 2 saturated heterocycles. The molecule has 2 aromatic carbocycles. The van der Waals surface area contributed by atoms with Gasteiger partial charge in [-0.25, -0.2) is 37.9 Å². The Hall–Kier alpha value is -5.52. The van der Waals surface area contributed by atoms with E-state index in [4.69, 9.17) is 56.4 Å². The van der Waals surface area contributed by atoms with Gasteiger partial charge in [-0.2, -0.15) is 13.2 Å². The van der Waals surface area contributed by atoms with Crippen LogP contribution in [-0.2, 0) is 30.3 Å². The fraction of sp³-hybridized carbons (Fsp3) is 0.439. The number of thioether (sulfide) groups is 2. The highest BCUT2D eigenvalue weighted by Crippen LogP contribution is 2.58. The number of piperazine rings is 1. The number of nitrogens with zero attached hydrogens (tertiary/aromatic N) is 9. The molecule has 6 aliphatic heterocycles. The second-order valence-corrected chi connectivity index (χ2v) is 26.0. The van der Waals surface area contributed by atoms with Crippen molar-refractivity contribution in [2.75, 3.05) is 19.6 Å². The van der Waals surface area contributed by atoms with Crippen molar-refractivity contribution >= 4 is 104 Å². The number of alkyl halides is 4. The molecule has 440 valence electrons. The van der Waals surface area contributed by atoms with Crippen LogP contribution in [-0.4, -0.2) is 123 Å². The SMILES string of the molecule is CC(C)C1=C(C(=O)O)SC2=N[C@@](C)(c3ccc(Cl)nc3)[C@@H](c3ccc(Cl)c(F)c3)N21.CC[C@@H]1CN(C(=O)C(F)(F)F)C2(CC2)CN1C(=O)[C@@H]1C[C@@H](F)CN1C(=O)C1=C(C(C)C)N2C(=N[C@@](C)(c3ccc(Cl)nc3)[C@H]2c2ccc(Cl)c(F)c2)S1. The number of carboxylic acid groups (broad SMARTS) is 1. The molecule has 7 atom stereocenters. The minimum Gasteiger partial charge on any atom is -0.477 e. The van der Waals surface area contributed by atoms with Crippen molar-refractivity contribution in [3.05, 3.63) is 149 Å². The van der Waals surface area contributed by atoms with Crippen molar-refractivity contribution in [3.8, 4) is 0 Å². The molecule has 3 amide bonds. The Morgan fingerprint density at radius 1 is 0.723 bits per heavy atom. The average molecular weight is 1270 g/mol. The van der Waals surface area contributed by atoms with Crippen LogP contribution in [0.25, 0.3) is 0 Å². The summed E-state index contributed by atoms with van der Waals surface area (Å²) in [5.41, 5.74) is 0.819. The van der Waals surface area contributed by atoms with E-state index >= 15 is 8.78 Å². The molecule has 8 heterocycles. The zero-order valence-electron chi connectivity index (χ0n) is 45.6. The van der Waals surface area contributed by atoms with Gasteiger partial charge in [0.25, 0.3) is 5.91 Å². The number of pyridine rings is 2. The number of halogens is 10. The molecule has 1 aliphatic carbocycles. The topological polar surface area (TPSA) is 155 Å². The van der Waals surface area contributed by atoms with Crippen LogP contribution in [0.3, 0.4) is 0 Å². The van der Waals surface area contributed by atoms with Gasteiger partial charge in [0, 0.05) is 60.5 Å². The van der Waals surface area contributed by atoms with E-state index in [1.54, 1.807) is 49.6 Å². The predicted molar refractivity (Wildman–Crippen MR) is 307 cm³/mol. The highest BCUT2D eigenvalue weighted by molar-refractivity contribution is 8.18. The van der Waals surface area contributed by atoms with Crippen LogP contribution in [0.15, 0.2) is 104 Å². The molecule has 2 aromatic heterocycles. The summed E-state index contributed by atoms with van der Waals surface area (Å²) < 4.78 is 85.4. The number of amides is 3. The van der Waals surface area contributed by atoms with Crippen LogP contribution in [0.2, 0.25) is 20.4 Å². The van der Waals surface area contributed by atoms with E-state index < -0.39 is 88.5 Å². The number of aliphatic imine (C=N–C) groups is 2. The Morgan fingerprint density at radius 2 is 1.20 bits per heavy atom. The first-order chi connectivity index (χ1) is 39.0. The number of fused-ring (bicyclic) bond motifs is 2. The normalized spacial score (nSPS) is 26.3. The summed E-state index contributed by atoms with van der Waals surface area (Å²) in [6.07, 6.45) is -2.75. The first-order valence-electron chi connectivity index (χ1n) is 26.7. The number of carboxylic acids is 1. The number of benzene rings is 2. The molecule has 0 unspecified atom stereocenters. The molecule has 7 aliphatic rings. The quantitative estimate of drug-likeness (QED) is 0.119. The summed E-state index contributed by atoms with van der Waals surface area (Å²) in [4.78, 5) is 79.5. The molecule has 1 spiro atoms. The van der Waals surface area contributed by atoms with Gasteiger partial charge in [0.05, 0.1) is 34.2 Å². The number of carbonyl (C=O) groups excluding carboxylic acids is 3. The van der Waals surface area contributed by atoms with Crippen molar-refractivity contribution < 1.29 is 50.6 Å². The number of carbonyl (C=O) groups is 4. The van der Waals surface area contributed by atoms with Gasteiger partial charge in [-0.1, -0.05) is 105 Å². The lowest BCUT2D eigenvalue weighted by Gasteiger charge is -2.48. The van der Waals surface area contributed by atoms with E-state index in [0.717, 1.165) is 34.0 Å². The smallest absolute Gasteiger partial charge is 0.471 e. The van der Waals surface area contributed by atoms with E-state index in [9.17, 15) is 41.8 Å². The first kappa shape index (κ1) is 60.6. The van der Waals surface area contributed by atoms with Gasteiger partial charge >= 0.3 is 18.1 Å². The Labute approximate surface area is 503 Å². The molecule has 26 heteroatoms. The van der Waals surface area contributed by atoms with Gasteiger partial charge in [-0.15, -0.1) is 0 Å². The van der Waals surface area contributed by atoms with Gasteiger partial charge in [0.2, 0.25) is 5.91 Å². The Morgan fingerprint density at radius 3 is 1.61 bits per heavy atom. The summed E-state index contributed by atoms with van der Waals surface area (Å²) >= 11 is 26.3. The number of likely N-dealkylation sites (tertiary alicyclic amines) is 1. The fourth-order valence-corrected chi connectivity index (χ4v) is 15.3. The zero-order valence-corrected chi connectivity index (χ0v) is 50.3. The lowest BCUT2D eigenvalue weighted by atomic mass is 9.81. The van der Waals surface area contributed by atoms with Crippen LogP contribution in [0, 0.1) is 23.5 Å². The van der Waals surface area contributed by atoms with Crippen LogP contribution >= 0.6 is 69.9 Å². The van der Waals surface area contributed by atoms with Crippen molar-refractivity contribution in [2.24, 2.45) is 21.8 Å². The third kappa shape index (κ3) is 10.8. The summed E-state index contributed by atoms with van der Waals surface area (Å²) in [5, 5.41) is 11.3. The van der Waals surface area contributed by atoms with Crippen molar-refractivity contribution in [2.45, 2.75) is 127 Å². The van der Waals surface area contributed by atoms with E-state index in [-0.39, 0.29) is 69.3 Å². The molecule has 11 rings (SSSR count). The number of hydrogen-bond acceptors (Lipinski definition) is 12. The number of aromatic nitrogens is 2. The van der Waals surface area contributed by atoms with E-state index in [2.05, 4.69) is 9.97 Å². The van der Waals surface area contributed by atoms with E-state index in [1.165, 1.54) is 34.1 Å². The lowest BCUT2D eigenvalue weighted by Crippen LogP contribution is -2.66. The average Bonchev–Trinajstić information content (AvgIpc) is 2.24. The first-order valence-corrected chi connectivity index (χ1v) is 29.8. The Kier molecular flexibility index (Phi) is 16.4. The summed E-state index contributed by atoms with van der Waals surface area (Å²) in [6, 6.07) is 12.9. The number of amidine groups is 2. The van der Waals surface area contributed by atoms with Gasteiger partial charge in [0.15, 0.2) is 10.3 Å². The van der Waals surface area contributed by atoms with Gasteiger partial charge in [0.1, 0.15) is 55.0 Å². The minimum atomic E-state index is -5.06. The molecule has 4 aromatic rings. The zero-order chi connectivity index (χ0) is 60.2. The third-order valence-electron chi connectivity index (χ3n) is 16.4. The second kappa shape index (κ2) is 22.4. The monoisotopic (exact) mass is 1260 g/mol. The third-order valence-corrected chi connectivity index (χ3v) is 19.6. The molecule has 1 N–H and O–H groups in total. The maximum atomic E-state index is 15.3. The number of rotatable bonds is 10. The minimum absolute atomic E-state index is 0.0226. The molecule has 3 fully saturated rings. The molecule has 0 bridgehead atoms. The highest BCUT2D eigenvalue weighted by atomic mass is 35.5. The maximum absolute atomic E-state index is 15.3. The number of hydrogen-bond donors (Lipinski definition) is 1. The molecule has 0 radical (unpaired) electrons. The second-order valence-electron chi connectivity index (χ2n) is 22.4. The fourth-order valence-electron chi connectivity index (χ4n) is 12.2. The van der Waals surface area contributed by atoms with Gasteiger partial charge in [-0.05, 0) is 116 Å². The van der Waals surface area contributed by atoms with Crippen LogP contribution in [0.5, 0.6) is 0 Å². The summed E-state index contributed by atoms with van der Waals surface area (Å²) in [6.45, 7) is 12.4. The highest BCUT2D eigenvalue weighted by Gasteiger charge is 2.62. The van der Waals surface area contributed by atoms with E-state index in [1.807, 2.05) is 57.4 Å². The lowest BCUT2D eigenvalue weighted by molar-refractivity contribution is -0.193. The van der Waals surface area contributed by atoms with Gasteiger partial charge < -0.3 is 29.6 Å². The largest absolute Gasteiger partial charge is 0.477 e. The molecular formula is C57H55Cl4F6N9O5S2. The standard InChI is InChI=1S/C36H37Cl2F5N6O3S.C21H18Cl2FN3O2S/c1-5-22-16-48(32(52)36(41,42)43)35(10-11-35)17-47(22)30(50)25-13-21(39)15-46(25)31(51)28-27(18(2)3)49-29(19-6-8-23(37)24(40)12-19)34(4,45-33(49)53-28)20-7-9-26(38)44-14-20;1-10(2)16-17(19(28)29)30-20-26-21(3,12-5-7-15(23)25-9-12)18(27(16)20)11-4-6-13(22)14(24)8-11/h6-9,12,14,18,21-22,25,29H,5,10-11,13,15-17H2,1-4H3;4-10,18H,1-3H3,(H,28,29)/t21-,22-,25+,29-,34+;18-,21+/m11/s1. The Balaban J connectivity index is 0.000000217. The van der Waals surface area contributed by atoms with Crippen molar-refractivity contribution in [1.29, 1.82) is 0 Å². The van der Waals surface area contributed by atoms with Crippen LogP contribution in [0.1, 0.15) is 108 Å². The van der Waals surface area contributed by atoms with E-state index in [0.29, 0.717) is 56.4 Å². The van der Waals surface area contributed by atoms with Crippen LogP contribution < -0.4 is 0 Å². The summed E-state index contributed by atoms with van der Waals surface area (Å²) in [7, 11) is 0. The maximum Gasteiger partial charge on any atom is 0.471 e. The summed E-state index contributed by atoms with van der Waals surface area (Å²) in [5.74, 6) is -5.62. The molecule has 1 saturated carbocycles. The number of aliphatic carboxylic acids is 1. The molecule has 14 nitrogen and oxygen atoms in total.